The molecule has 1 aromatic heterocycles. The molecular formula is C25H30N2O4. The molecule has 6 heteroatoms. The fraction of sp³-hybridized carbons (Fsp3) is 0.520. The van der Waals surface area contributed by atoms with E-state index < -0.39 is 0 Å². The Hall–Kier alpha value is -2.76. The van der Waals surface area contributed by atoms with Gasteiger partial charge in [0.2, 0.25) is 5.91 Å². The van der Waals surface area contributed by atoms with Gasteiger partial charge in [-0.1, -0.05) is 18.2 Å². The molecule has 6 nitrogen and oxygen atoms in total. The third-order valence-corrected chi connectivity index (χ3v) is 7.26. The summed E-state index contributed by atoms with van der Waals surface area (Å²) in [7, 11) is 0. The number of nitrogens with one attached hydrogen (secondary N) is 1. The number of hydrogen-bond donors (Lipinski definition) is 1. The van der Waals surface area contributed by atoms with Crippen molar-refractivity contribution < 1.29 is 18.7 Å². The van der Waals surface area contributed by atoms with E-state index in [9.17, 15) is 9.59 Å². The molecule has 1 aliphatic carbocycles. The number of ether oxygens (including phenoxy) is 1. The summed E-state index contributed by atoms with van der Waals surface area (Å²) in [5.74, 6) is 1.85. The first-order valence-corrected chi connectivity index (χ1v) is 11.4. The zero-order chi connectivity index (χ0) is 21.4. The van der Waals surface area contributed by atoms with Crippen LogP contribution in [0.5, 0.6) is 5.75 Å². The van der Waals surface area contributed by atoms with E-state index in [1.807, 2.05) is 30.0 Å². The molecule has 164 valence electrons. The summed E-state index contributed by atoms with van der Waals surface area (Å²) >= 11 is 0. The van der Waals surface area contributed by atoms with Crippen molar-refractivity contribution in [2.75, 3.05) is 13.1 Å². The molecule has 0 bridgehead atoms. The number of fused-ring (bicyclic) bond motifs is 1. The van der Waals surface area contributed by atoms with Crippen molar-refractivity contribution in [3.05, 3.63) is 53.5 Å². The Bertz CT molecular complexity index is 969. The van der Waals surface area contributed by atoms with Gasteiger partial charge in [-0.2, -0.15) is 0 Å². The lowest BCUT2D eigenvalue weighted by Gasteiger charge is -2.47. The monoisotopic (exact) mass is 422 g/mol. The van der Waals surface area contributed by atoms with Gasteiger partial charge in [0.1, 0.15) is 17.1 Å². The van der Waals surface area contributed by atoms with Gasteiger partial charge in [-0.15, -0.1) is 0 Å². The number of carbonyl (C=O) groups is 2. The SMILES string of the molecule is Cc1occc1C(=O)N1CCC2(CC1)CC(CC(=O)NC1CCC1)c1ccccc1O2. The molecule has 2 aliphatic heterocycles. The van der Waals surface area contributed by atoms with Gasteiger partial charge in [0.15, 0.2) is 0 Å². The summed E-state index contributed by atoms with van der Waals surface area (Å²) in [6.45, 7) is 3.11. The molecule has 2 aromatic rings. The van der Waals surface area contributed by atoms with Crippen LogP contribution in [0.4, 0.5) is 0 Å². The molecule has 3 aliphatic rings. The Labute approximate surface area is 182 Å². The number of likely N-dealkylation sites (tertiary alicyclic amines) is 1. The molecule has 5 rings (SSSR count). The summed E-state index contributed by atoms with van der Waals surface area (Å²) in [4.78, 5) is 27.5. The molecule has 1 atom stereocenters. The average Bonchev–Trinajstić information content (AvgIpc) is 3.17. The highest BCUT2D eigenvalue weighted by atomic mass is 16.5. The molecule has 1 saturated carbocycles. The summed E-state index contributed by atoms with van der Waals surface area (Å²) in [5.41, 5.74) is 1.44. The van der Waals surface area contributed by atoms with Crippen LogP contribution in [0.1, 0.15) is 72.5 Å². The van der Waals surface area contributed by atoms with Crippen molar-refractivity contribution in [2.45, 2.75) is 69.4 Å². The van der Waals surface area contributed by atoms with E-state index in [0.29, 0.717) is 36.9 Å². The fourth-order valence-corrected chi connectivity index (χ4v) is 5.19. The second-order valence-corrected chi connectivity index (χ2v) is 9.31. The molecule has 1 spiro atoms. The van der Waals surface area contributed by atoms with Crippen LogP contribution in [0.15, 0.2) is 41.0 Å². The van der Waals surface area contributed by atoms with Crippen LogP contribution in [0.2, 0.25) is 0 Å². The van der Waals surface area contributed by atoms with E-state index in [4.69, 9.17) is 9.15 Å². The van der Waals surface area contributed by atoms with Crippen LogP contribution >= 0.6 is 0 Å². The van der Waals surface area contributed by atoms with E-state index in [0.717, 1.165) is 43.4 Å². The van der Waals surface area contributed by atoms with Gasteiger partial charge in [0.05, 0.1) is 11.8 Å². The minimum atomic E-state index is -0.321. The summed E-state index contributed by atoms with van der Waals surface area (Å²) in [6.07, 6.45) is 7.82. The van der Waals surface area contributed by atoms with E-state index in [-0.39, 0.29) is 23.3 Å². The van der Waals surface area contributed by atoms with E-state index in [1.54, 1.807) is 12.3 Å². The molecule has 2 fully saturated rings. The van der Waals surface area contributed by atoms with Crippen molar-refractivity contribution in [3.63, 3.8) is 0 Å². The minimum absolute atomic E-state index is 0.0220. The van der Waals surface area contributed by atoms with Crippen molar-refractivity contribution in [1.29, 1.82) is 0 Å². The number of furan rings is 1. The maximum Gasteiger partial charge on any atom is 0.257 e. The van der Waals surface area contributed by atoms with Crippen LogP contribution in [-0.2, 0) is 4.79 Å². The summed E-state index contributed by atoms with van der Waals surface area (Å²) in [5, 5.41) is 3.19. The second kappa shape index (κ2) is 8.06. The molecular weight excluding hydrogens is 392 g/mol. The highest BCUT2D eigenvalue weighted by molar-refractivity contribution is 5.95. The molecule has 1 unspecified atom stereocenters. The molecule has 1 N–H and O–H groups in total. The minimum Gasteiger partial charge on any atom is -0.487 e. The number of hydrogen-bond acceptors (Lipinski definition) is 4. The zero-order valence-corrected chi connectivity index (χ0v) is 18.1. The maximum absolute atomic E-state index is 12.9. The van der Waals surface area contributed by atoms with Crippen LogP contribution < -0.4 is 10.1 Å². The van der Waals surface area contributed by atoms with Crippen molar-refractivity contribution >= 4 is 11.8 Å². The molecule has 31 heavy (non-hydrogen) atoms. The third kappa shape index (κ3) is 3.95. The predicted octanol–water partition coefficient (Wildman–Crippen LogP) is 4.19. The molecule has 0 radical (unpaired) electrons. The first-order valence-electron chi connectivity index (χ1n) is 11.4. The normalized spacial score (nSPS) is 22.4. The van der Waals surface area contributed by atoms with Gasteiger partial charge in [0, 0.05) is 44.3 Å². The molecule has 3 heterocycles. The van der Waals surface area contributed by atoms with Crippen LogP contribution in [0.3, 0.4) is 0 Å². The lowest BCUT2D eigenvalue weighted by atomic mass is 9.76. The maximum atomic E-state index is 12.9. The predicted molar refractivity (Wildman–Crippen MR) is 116 cm³/mol. The van der Waals surface area contributed by atoms with Gasteiger partial charge in [0.25, 0.3) is 5.91 Å². The quantitative estimate of drug-likeness (QED) is 0.802. The van der Waals surface area contributed by atoms with Crippen molar-refractivity contribution in [3.8, 4) is 5.75 Å². The van der Waals surface area contributed by atoms with Gasteiger partial charge < -0.3 is 19.4 Å². The topological polar surface area (TPSA) is 71.8 Å². The van der Waals surface area contributed by atoms with E-state index in [1.165, 1.54) is 6.42 Å². The smallest absolute Gasteiger partial charge is 0.257 e. The van der Waals surface area contributed by atoms with Gasteiger partial charge in [-0.05, 0) is 50.3 Å². The Morgan fingerprint density at radius 3 is 2.61 bits per heavy atom. The van der Waals surface area contributed by atoms with Crippen LogP contribution in [0.25, 0.3) is 0 Å². The highest BCUT2D eigenvalue weighted by Gasteiger charge is 2.44. The number of carbonyl (C=O) groups excluding carboxylic acids is 2. The van der Waals surface area contributed by atoms with Crippen LogP contribution in [0, 0.1) is 6.92 Å². The molecule has 1 aromatic carbocycles. The van der Waals surface area contributed by atoms with Gasteiger partial charge >= 0.3 is 0 Å². The van der Waals surface area contributed by atoms with Gasteiger partial charge in [-0.25, -0.2) is 0 Å². The summed E-state index contributed by atoms with van der Waals surface area (Å²) in [6, 6.07) is 10.2. The first-order chi connectivity index (χ1) is 15.0. The number of rotatable bonds is 4. The van der Waals surface area contributed by atoms with Crippen molar-refractivity contribution in [2.24, 2.45) is 0 Å². The van der Waals surface area contributed by atoms with Gasteiger partial charge in [-0.3, -0.25) is 9.59 Å². The standard InChI is InChI=1S/C25H30N2O4/c1-17-20(9-14-30-17)24(29)27-12-10-25(11-13-27)16-18(15-23(28)26-19-5-4-6-19)21-7-2-3-8-22(21)31-25/h2-3,7-9,14,18-19H,4-6,10-13,15-16H2,1H3,(H,26,28). The third-order valence-electron chi connectivity index (χ3n) is 7.26. The second-order valence-electron chi connectivity index (χ2n) is 9.31. The number of amides is 2. The number of aryl methyl sites for hydroxylation is 1. The van der Waals surface area contributed by atoms with E-state index in [2.05, 4.69) is 11.4 Å². The first kappa shape index (κ1) is 20.2. The Morgan fingerprint density at radius 2 is 1.94 bits per heavy atom. The number of nitrogens with zero attached hydrogens (tertiary/aromatic N) is 1. The van der Waals surface area contributed by atoms with Crippen molar-refractivity contribution in [1.82, 2.24) is 10.2 Å². The Balaban J connectivity index is 1.29. The Morgan fingerprint density at radius 1 is 1.16 bits per heavy atom. The summed E-state index contributed by atoms with van der Waals surface area (Å²) < 4.78 is 11.8. The number of piperidine rings is 1. The molecule has 2 amide bonds. The fourth-order valence-electron chi connectivity index (χ4n) is 5.19. The number of benzene rings is 1. The lowest BCUT2D eigenvalue weighted by molar-refractivity contribution is -0.123. The average molecular weight is 423 g/mol. The number of para-hydroxylation sites is 1. The largest absolute Gasteiger partial charge is 0.487 e. The zero-order valence-electron chi connectivity index (χ0n) is 18.1. The Kier molecular flexibility index (Phi) is 5.24. The highest BCUT2D eigenvalue weighted by Crippen LogP contribution is 2.46. The van der Waals surface area contributed by atoms with Crippen LogP contribution in [-0.4, -0.2) is 41.4 Å². The van der Waals surface area contributed by atoms with E-state index >= 15 is 0 Å². The molecule has 1 saturated heterocycles. The lowest BCUT2D eigenvalue weighted by Crippen LogP contribution is -2.52.